The summed E-state index contributed by atoms with van der Waals surface area (Å²) in [6.07, 6.45) is 6.63. The zero-order chi connectivity index (χ0) is 12.7. The molecule has 0 aromatic carbocycles. The molecule has 1 aliphatic heterocycles. The summed E-state index contributed by atoms with van der Waals surface area (Å²) >= 11 is 0. The van der Waals surface area contributed by atoms with E-state index in [0.717, 1.165) is 38.9 Å². The van der Waals surface area contributed by atoms with E-state index in [4.69, 9.17) is 5.73 Å². The van der Waals surface area contributed by atoms with Gasteiger partial charge >= 0.3 is 0 Å². The molecular formula is C14H29ClN2O. The van der Waals surface area contributed by atoms with Crippen LogP contribution >= 0.6 is 12.4 Å². The molecule has 2 unspecified atom stereocenters. The minimum absolute atomic E-state index is 0. The van der Waals surface area contributed by atoms with Gasteiger partial charge in [0.2, 0.25) is 5.91 Å². The Bertz CT molecular complexity index is 236. The van der Waals surface area contributed by atoms with Crippen LogP contribution in [0.1, 0.15) is 52.4 Å². The molecular weight excluding hydrogens is 248 g/mol. The Morgan fingerprint density at radius 1 is 1.44 bits per heavy atom. The summed E-state index contributed by atoms with van der Waals surface area (Å²) < 4.78 is 0. The van der Waals surface area contributed by atoms with Gasteiger partial charge < -0.3 is 10.6 Å². The standard InChI is InChI=1S/C14H28N2O.ClH/c1-3-5-6-12(4-2)9-14(17)16-8-7-13(10-15)11-16;/h12-13H,3-11,15H2,1-2H3;1H. The fourth-order valence-electron chi connectivity index (χ4n) is 2.57. The quantitative estimate of drug-likeness (QED) is 0.777. The number of nitrogens with zero attached hydrogens (tertiary/aromatic N) is 1. The summed E-state index contributed by atoms with van der Waals surface area (Å²) in [6.45, 7) is 6.93. The highest BCUT2D eigenvalue weighted by molar-refractivity contribution is 5.85. The number of nitrogens with two attached hydrogens (primary N) is 1. The SMILES string of the molecule is CCCCC(CC)CC(=O)N1CCC(CN)C1.Cl. The largest absolute Gasteiger partial charge is 0.342 e. The third kappa shape index (κ3) is 5.57. The molecule has 0 bridgehead atoms. The number of likely N-dealkylation sites (tertiary alicyclic amines) is 1. The molecule has 0 spiro atoms. The molecule has 1 heterocycles. The zero-order valence-electron chi connectivity index (χ0n) is 11.9. The van der Waals surface area contributed by atoms with Gasteiger partial charge in [0.15, 0.2) is 0 Å². The summed E-state index contributed by atoms with van der Waals surface area (Å²) in [5.74, 6) is 1.47. The fourth-order valence-corrected chi connectivity index (χ4v) is 2.57. The van der Waals surface area contributed by atoms with Crippen molar-refractivity contribution in [2.75, 3.05) is 19.6 Å². The van der Waals surface area contributed by atoms with E-state index in [1.807, 2.05) is 4.90 Å². The Labute approximate surface area is 118 Å². The number of rotatable bonds is 7. The molecule has 0 aromatic heterocycles. The first-order valence-corrected chi connectivity index (χ1v) is 7.19. The topological polar surface area (TPSA) is 46.3 Å². The Morgan fingerprint density at radius 2 is 2.17 bits per heavy atom. The Kier molecular flexibility index (Phi) is 9.47. The Hall–Kier alpha value is -0.280. The molecule has 1 saturated heterocycles. The number of carbonyl (C=O) groups excluding carboxylic acids is 1. The third-order valence-electron chi connectivity index (χ3n) is 3.98. The van der Waals surface area contributed by atoms with Gasteiger partial charge in [-0.3, -0.25) is 4.79 Å². The second-order valence-electron chi connectivity index (χ2n) is 5.35. The maximum absolute atomic E-state index is 12.1. The average Bonchev–Trinajstić information content (AvgIpc) is 2.83. The number of hydrogen-bond acceptors (Lipinski definition) is 2. The number of unbranched alkanes of at least 4 members (excludes halogenated alkanes) is 1. The van der Waals surface area contributed by atoms with Crippen molar-refractivity contribution in [1.29, 1.82) is 0 Å². The average molecular weight is 277 g/mol. The van der Waals surface area contributed by atoms with Crippen LogP contribution in [0, 0.1) is 11.8 Å². The first-order valence-electron chi connectivity index (χ1n) is 7.19. The van der Waals surface area contributed by atoms with Crippen molar-refractivity contribution in [1.82, 2.24) is 4.90 Å². The maximum Gasteiger partial charge on any atom is 0.222 e. The van der Waals surface area contributed by atoms with Crippen LogP contribution in [0.15, 0.2) is 0 Å². The van der Waals surface area contributed by atoms with E-state index >= 15 is 0 Å². The van der Waals surface area contributed by atoms with Crippen molar-refractivity contribution in [3.63, 3.8) is 0 Å². The van der Waals surface area contributed by atoms with Crippen molar-refractivity contribution < 1.29 is 4.79 Å². The number of hydrogen-bond donors (Lipinski definition) is 1. The lowest BCUT2D eigenvalue weighted by molar-refractivity contribution is -0.131. The van der Waals surface area contributed by atoms with Crippen LogP contribution in [-0.2, 0) is 4.79 Å². The van der Waals surface area contributed by atoms with E-state index in [1.165, 1.54) is 19.3 Å². The second-order valence-corrected chi connectivity index (χ2v) is 5.35. The summed E-state index contributed by atoms with van der Waals surface area (Å²) in [7, 11) is 0. The van der Waals surface area contributed by atoms with Gasteiger partial charge in [0.1, 0.15) is 0 Å². The molecule has 3 nitrogen and oxygen atoms in total. The highest BCUT2D eigenvalue weighted by Crippen LogP contribution is 2.21. The van der Waals surface area contributed by atoms with Gasteiger partial charge in [-0.25, -0.2) is 0 Å². The van der Waals surface area contributed by atoms with Crippen molar-refractivity contribution in [2.24, 2.45) is 17.6 Å². The Morgan fingerprint density at radius 3 is 2.67 bits per heavy atom. The van der Waals surface area contributed by atoms with Gasteiger partial charge in [-0.05, 0) is 31.2 Å². The van der Waals surface area contributed by atoms with E-state index in [0.29, 0.717) is 17.7 Å². The van der Waals surface area contributed by atoms with E-state index in [2.05, 4.69) is 13.8 Å². The first kappa shape index (κ1) is 17.7. The molecule has 18 heavy (non-hydrogen) atoms. The Balaban J connectivity index is 0.00000289. The molecule has 2 N–H and O–H groups in total. The van der Waals surface area contributed by atoms with Crippen LogP contribution < -0.4 is 5.73 Å². The van der Waals surface area contributed by atoms with E-state index in [9.17, 15) is 4.79 Å². The lowest BCUT2D eigenvalue weighted by Gasteiger charge is -2.20. The normalized spacial score (nSPS) is 20.6. The predicted octanol–water partition coefficient (Wildman–Crippen LogP) is 2.82. The van der Waals surface area contributed by atoms with Gasteiger partial charge in [0.05, 0.1) is 0 Å². The summed E-state index contributed by atoms with van der Waals surface area (Å²) in [4.78, 5) is 14.1. The van der Waals surface area contributed by atoms with Crippen molar-refractivity contribution in [3.05, 3.63) is 0 Å². The van der Waals surface area contributed by atoms with Crippen LogP contribution in [0.3, 0.4) is 0 Å². The molecule has 0 saturated carbocycles. The van der Waals surface area contributed by atoms with E-state index in [-0.39, 0.29) is 12.4 Å². The van der Waals surface area contributed by atoms with Gasteiger partial charge in [0, 0.05) is 19.5 Å². The highest BCUT2D eigenvalue weighted by atomic mass is 35.5. The molecule has 0 radical (unpaired) electrons. The van der Waals surface area contributed by atoms with Crippen LogP contribution in [0.2, 0.25) is 0 Å². The van der Waals surface area contributed by atoms with Gasteiger partial charge in [-0.2, -0.15) is 0 Å². The third-order valence-corrected chi connectivity index (χ3v) is 3.98. The lowest BCUT2D eigenvalue weighted by Crippen LogP contribution is -2.31. The predicted molar refractivity (Wildman–Crippen MR) is 78.9 cm³/mol. The van der Waals surface area contributed by atoms with Crippen LogP contribution in [0.4, 0.5) is 0 Å². The molecule has 108 valence electrons. The summed E-state index contributed by atoms with van der Waals surface area (Å²) in [5.41, 5.74) is 5.65. The molecule has 4 heteroatoms. The minimum Gasteiger partial charge on any atom is -0.342 e. The lowest BCUT2D eigenvalue weighted by atomic mass is 9.95. The fraction of sp³-hybridized carbons (Fsp3) is 0.929. The molecule has 1 rings (SSSR count). The van der Waals surface area contributed by atoms with E-state index < -0.39 is 0 Å². The van der Waals surface area contributed by atoms with Gasteiger partial charge in [-0.1, -0.05) is 33.1 Å². The van der Waals surface area contributed by atoms with Crippen molar-refractivity contribution in [2.45, 2.75) is 52.4 Å². The maximum atomic E-state index is 12.1. The monoisotopic (exact) mass is 276 g/mol. The molecule has 1 amide bonds. The van der Waals surface area contributed by atoms with Gasteiger partial charge in [-0.15, -0.1) is 12.4 Å². The van der Waals surface area contributed by atoms with Crippen molar-refractivity contribution in [3.8, 4) is 0 Å². The first-order chi connectivity index (χ1) is 8.21. The molecule has 1 aliphatic rings. The second kappa shape index (κ2) is 9.62. The smallest absolute Gasteiger partial charge is 0.222 e. The number of carbonyl (C=O) groups is 1. The molecule has 0 aromatic rings. The molecule has 2 atom stereocenters. The highest BCUT2D eigenvalue weighted by Gasteiger charge is 2.26. The molecule has 0 aliphatic carbocycles. The van der Waals surface area contributed by atoms with Crippen LogP contribution in [-0.4, -0.2) is 30.4 Å². The number of amides is 1. The minimum atomic E-state index is 0. The van der Waals surface area contributed by atoms with Crippen LogP contribution in [0.5, 0.6) is 0 Å². The summed E-state index contributed by atoms with van der Waals surface area (Å²) in [6, 6.07) is 0. The molecule has 1 fully saturated rings. The van der Waals surface area contributed by atoms with E-state index in [1.54, 1.807) is 0 Å². The zero-order valence-corrected chi connectivity index (χ0v) is 12.7. The van der Waals surface area contributed by atoms with Gasteiger partial charge in [0.25, 0.3) is 0 Å². The van der Waals surface area contributed by atoms with Crippen LogP contribution in [0.25, 0.3) is 0 Å². The number of halogens is 1. The summed E-state index contributed by atoms with van der Waals surface area (Å²) in [5, 5.41) is 0. The van der Waals surface area contributed by atoms with Crippen molar-refractivity contribution >= 4 is 18.3 Å².